The summed E-state index contributed by atoms with van der Waals surface area (Å²) in [5.74, 6) is -3.94. The highest BCUT2D eigenvalue weighted by molar-refractivity contribution is 5.74. The van der Waals surface area contributed by atoms with Crippen LogP contribution in [0.4, 0.5) is 13.2 Å². The zero-order chi connectivity index (χ0) is 19.8. The number of hydrogen-bond acceptors (Lipinski definition) is 5. The Kier molecular flexibility index (Phi) is 8.87. The maximum absolute atomic E-state index is 11.0. The van der Waals surface area contributed by atoms with Gasteiger partial charge in [0.25, 0.3) is 0 Å². The van der Waals surface area contributed by atoms with Gasteiger partial charge in [0.1, 0.15) is 6.04 Å². The van der Waals surface area contributed by atoms with Crippen LogP contribution >= 0.6 is 0 Å². The quantitative estimate of drug-likeness (QED) is 0.562. The zero-order valence-corrected chi connectivity index (χ0v) is 14.0. The summed E-state index contributed by atoms with van der Waals surface area (Å²) < 4.78 is 31.7. The van der Waals surface area contributed by atoms with Crippen molar-refractivity contribution in [3.8, 4) is 6.07 Å². The number of aliphatic carboxylic acids is 2. The minimum Gasteiger partial charge on any atom is -0.480 e. The van der Waals surface area contributed by atoms with E-state index in [0.717, 1.165) is 12.8 Å². The Morgan fingerprint density at radius 2 is 1.72 bits per heavy atom. The molecular weight excluding hydrogens is 345 g/mol. The first kappa shape index (κ1) is 23.1. The van der Waals surface area contributed by atoms with Crippen molar-refractivity contribution in [3.05, 3.63) is 0 Å². The van der Waals surface area contributed by atoms with E-state index in [1.807, 2.05) is 13.8 Å². The highest BCUT2D eigenvalue weighted by Gasteiger charge is 2.41. The number of alkyl halides is 3. The summed E-state index contributed by atoms with van der Waals surface area (Å²) in [4.78, 5) is 19.9. The molecule has 0 saturated carbocycles. The van der Waals surface area contributed by atoms with E-state index < -0.39 is 24.2 Å². The van der Waals surface area contributed by atoms with Crippen molar-refractivity contribution in [1.29, 1.82) is 5.26 Å². The van der Waals surface area contributed by atoms with Crippen LogP contribution in [0.1, 0.15) is 39.5 Å². The first-order valence-electron chi connectivity index (χ1n) is 7.75. The topological polar surface area (TPSA) is 131 Å². The summed E-state index contributed by atoms with van der Waals surface area (Å²) in [7, 11) is 0. The monoisotopic (exact) mass is 368 g/mol. The molecule has 1 fully saturated rings. The maximum Gasteiger partial charge on any atom is 0.490 e. The number of rotatable bonds is 6. The van der Waals surface area contributed by atoms with E-state index >= 15 is 0 Å². The third kappa shape index (κ3) is 6.88. The lowest BCUT2D eigenvalue weighted by molar-refractivity contribution is -0.192. The molecule has 0 aliphatic carbocycles. The highest BCUT2D eigenvalue weighted by Crippen LogP contribution is 2.36. The van der Waals surface area contributed by atoms with Crippen molar-refractivity contribution >= 4 is 11.9 Å². The number of carboxylic acids is 2. The van der Waals surface area contributed by atoms with Crippen LogP contribution in [-0.2, 0) is 9.59 Å². The predicted octanol–water partition coefficient (Wildman–Crippen LogP) is 1.76. The standard InChI is InChI=1S/C13H22N2O3.C2HF3O2/c1-3-13(4-2,8-16)6-11-9(7-14)5-10(15-11)12(17)18;3-2(4,5)1(6)7/h9-11,15-16H,3-6,8H2,1-2H3,(H,17,18);(H,6,7). The summed E-state index contributed by atoms with van der Waals surface area (Å²) in [5.41, 5.74) is -0.208. The Morgan fingerprint density at radius 1 is 1.24 bits per heavy atom. The third-order valence-corrected chi connectivity index (χ3v) is 4.59. The van der Waals surface area contributed by atoms with Gasteiger partial charge in [-0.1, -0.05) is 13.8 Å². The number of halogens is 3. The van der Waals surface area contributed by atoms with E-state index in [1.165, 1.54) is 0 Å². The molecule has 4 N–H and O–H groups in total. The predicted molar refractivity (Wildman–Crippen MR) is 80.5 cm³/mol. The lowest BCUT2D eigenvalue weighted by Gasteiger charge is -2.33. The average molecular weight is 368 g/mol. The normalized spacial score (nSPS) is 23.3. The molecule has 0 radical (unpaired) electrons. The second-order valence-electron chi connectivity index (χ2n) is 6.01. The van der Waals surface area contributed by atoms with Gasteiger partial charge < -0.3 is 20.6 Å². The highest BCUT2D eigenvalue weighted by atomic mass is 19.4. The van der Waals surface area contributed by atoms with Crippen LogP contribution in [0.5, 0.6) is 0 Å². The van der Waals surface area contributed by atoms with E-state index in [1.54, 1.807) is 0 Å². The van der Waals surface area contributed by atoms with Crippen molar-refractivity contribution < 1.29 is 38.1 Å². The molecule has 3 atom stereocenters. The molecule has 0 spiro atoms. The molecule has 144 valence electrons. The Morgan fingerprint density at radius 3 is 2.00 bits per heavy atom. The number of nitrogens with zero attached hydrogens (tertiary/aromatic N) is 1. The van der Waals surface area contributed by atoms with Gasteiger partial charge in [0.05, 0.1) is 12.0 Å². The Labute approximate surface area is 143 Å². The number of nitriles is 1. The van der Waals surface area contributed by atoms with E-state index in [9.17, 15) is 23.1 Å². The SMILES string of the molecule is CCC(CC)(CO)CC1NC(C(=O)O)CC1C#N.O=C(O)C(F)(F)F. The Balaban J connectivity index is 0.000000697. The fourth-order valence-corrected chi connectivity index (χ4v) is 2.67. The fraction of sp³-hybridized carbons (Fsp3) is 0.800. The fourth-order valence-electron chi connectivity index (χ4n) is 2.67. The third-order valence-electron chi connectivity index (χ3n) is 4.59. The first-order valence-corrected chi connectivity index (χ1v) is 7.75. The molecule has 0 aromatic carbocycles. The van der Waals surface area contributed by atoms with Crippen LogP contribution < -0.4 is 5.32 Å². The van der Waals surface area contributed by atoms with Crippen LogP contribution in [0, 0.1) is 22.7 Å². The van der Waals surface area contributed by atoms with E-state index in [2.05, 4.69) is 11.4 Å². The molecule has 3 unspecified atom stereocenters. The molecule has 1 saturated heterocycles. The molecule has 7 nitrogen and oxygen atoms in total. The maximum atomic E-state index is 11.0. The molecule has 0 bridgehead atoms. The molecule has 1 aliphatic rings. The van der Waals surface area contributed by atoms with E-state index in [-0.39, 0.29) is 24.0 Å². The lowest BCUT2D eigenvalue weighted by atomic mass is 9.75. The number of aliphatic hydroxyl groups is 1. The Hall–Kier alpha value is -1.86. The second-order valence-corrected chi connectivity index (χ2v) is 6.01. The van der Waals surface area contributed by atoms with Crippen LogP contribution in [0.15, 0.2) is 0 Å². The molecule has 25 heavy (non-hydrogen) atoms. The first-order chi connectivity index (χ1) is 11.5. The molecular formula is C15H23F3N2O5. The number of aliphatic hydroxyl groups excluding tert-OH is 1. The molecule has 1 heterocycles. The summed E-state index contributed by atoms with van der Waals surface area (Å²) >= 11 is 0. The zero-order valence-electron chi connectivity index (χ0n) is 14.0. The van der Waals surface area contributed by atoms with Crippen molar-refractivity contribution in [3.63, 3.8) is 0 Å². The summed E-state index contributed by atoms with van der Waals surface area (Å²) in [5, 5.41) is 37.8. The summed E-state index contributed by atoms with van der Waals surface area (Å²) in [6, 6.07) is 1.42. The van der Waals surface area contributed by atoms with Gasteiger partial charge in [-0.25, -0.2) is 4.79 Å². The lowest BCUT2D eigenvalue weighted by Crippen LogP contribution is -2.40. The molecule has 0 aromatic rings. The molecule has 0 amide bonds. The van der Waals surface area contributed by atoms with Gasteiger partial charge in [-0.2, -0.15) is 18.4 Å². The smallest absolute Gasteiger partial charge is 0.480 e. The van der Waals surface area contributed by atoms with Crippen molar-refractivity contribution in [1.82, 2.24) is 5.32 Å². The van der Waals surface area contributed by atoms with Crippen molar-refractivity contribution in [2.45, 2.75) is 57.8 Å². The molecule has 0 aromatic heterocycles. The molecule has 1 aliphatic heterocycles. The van der Waals surface area contributed by atoms with Crippen LogP contribution in [0.3, 0.4) is 0 Å². The number of nitrogens with one attached hydrogen (secondary N) is 1. The van der Waals surface area contributed by atoms with Crippen LogP contribution in [0.25, 0.3) is 0 Å². The second kappa shape index (κ2) is 9.58. The Bertz CT molecular complexity index is 492. The van der Waals surface area contributed by atoms with Crippen LogP contribution in [-0.4, -0.2) is 52.1 Å². The average Bonchev–Trinajstić information content (AvgIpc) is 2.95. The van der Waals surface area contributed by atoms with Gasteiger partial charge in [0.2, 0.25) is 0 Å². The minimum absolute atomic E-state index is 0.0774. The van der Waals surface area contributed by atoms with Crippen LogP contribution in [0.2, 0.25) is 0 Å². The van der Waals surface area contributed by atoms with E-state index in [4.69, 9.17) is 20.3 Å². The number of carbonyl (C=O) groups is 2. The van der Waals surface area contributed by atoms with Gasteiger partial charge in [-0.3, -0.25) is 4.79 Å². The largest absolute Gasteiger partial charge is 0.490 e. The van der Waals surface area contributed by atoms with Gasteiger partial charge >= 0.3 is 18.1 Å². The van der Waals surface area contributed by atoms with Gasteiger partial charge in [-0.15, -0.1) is 0 Å². The number of carboxylic acid groups (broad SMARTS) is 2. The summed E-state index contributed by atoms with van der Waals surface area (Å²) in [6.45, 7) is 4.11. The minimum atomic E-state index is -5.08. The van der Waals surface area contributed by atoms with Gasteiger partial charge in [0, 0.05) is 12.6 Å². The number of hydrogen-bond donors (Lipinski definition) is 4. The van der Waals surface area contributed by atoms with E-state index in [0.29, 0.717) is 12.8 Å². The molecule has 1 rings (SSSR count). The van der Waals surface area contributed by atoms with Crippen molar-refractivity contribution in [2.75, 3.05) is 6.61 Å². The summed E-state index contributed by atoms with van der Waals surface area (Å²) in [6.07, 6.45) is -2.42. The van der Waals surface area contributed by atoms with Gasteiger partial charge in [-0.05, 0) is 31.1 Å². The molecule has 10 heteroatoms. The van der Waals surface area contributed by atoms with Gasteiger partial charge in [0.15, 0.2) is 0 Å². The van der Waals surface area contributed by atoms with Crippen molar-refractivity contribution in [2.24, 2.45) is 11.3 Å².